The van der Waals surface area contributed by atoms with Crippen LogP contribution in [0.4, 0.5) is 5.69 Å². The standard InChI is InChI=1S/C25H25Cl2N5O3/c1-2-13-35-22-15-21(32(31-22)23-19(27)9-6-12-28-23)25(34)30-20-11-10-16(26)14-18(20)24(33)29-17-7-4-3-5-8-17/h2,6,9-12,14-15,17H,1,3-5,7-8,13H2,(H,29,33)(H,30,34). The number of benzene rings is 1. The molecule has 0 radical (unpaired) electrons. The molecule has 8 nitrogen and oxygen atoms in total. The van der Waals surface area contributed by atoms with Gasteiger partial charge >= 0.3 is 0 Å². The zero-order valence-corrected chi connectivity index (χ0v) is 20.5. The second-order valence-electron chi connectivity index (χ2n) is 8.14. The van der Waals surface area contributed by atoms with Crippen LogP contribution in [-0.2, 0) is 0 Å². The molecule has 10 heteroatoms. The van der Waals surface area contributed by atoms with Crippen molar-refractivity contribution in [2.45, 2.75) is 38.1 Å². The van der Waals surface area contributed by atoms with Crippen molar-refractivity contribution in [3.8, 4) is 11.7 Å². The number of nitrogens with zero attached hydrogens (tertiary/aromatic N) is 3. The third kappa shape index (κ3) is 6.01. The maximum Gasteiger partial charge on any atom is 0.274 e. The molecule has 4 rings (SSSR count). The Balaban J connectivity index is 1.63. The van der Waals surface area contributed by atoms with Crippen LogP contribution in [0, 0.1) is 0 Å². The van der Waals surface area contributed by atoms with Crippen LogP contribution in [-0.4, -0.2) is 39.2 Å². The molecule has 0 saturated heterocycles. The Morgan fingerprint density at radius 3 is 2.69 bits per heavy atom. The van der Waals surface area contributed by atoms with E-state index in [1.807, 2.05) is 0 Å². The number of hydrogen-bond donors (Lipinski definition) is 2. The van der Waals surface area contributed by atoms with Gasteiger partial charge in [-0.3, -0.25) is 9.59 Å². The van der Waals surface area contributed by atoms with E-state index in [0.29, 0.717) is 15.7 Å². The summed E-state index contributed by atoms with van der Waals surface area (Å²) in [4.78, 5) is 30.7. The number of carbonyl (C=O) groups is 2. The zero-order valence-electron chi connectivity index (χ0n) is 19.0. The molecule has 182 valence electrons. The minimum Gasteiger partial charge on any atom is -0.472 e. The van der Waals surface area contributed by atoms with Gasteiger partial charge in [0.25, 0.3) is 11.8 Å². The summed E-state index contributed by atoms with van der Waals surface area (Å²) in [5.74, 6) is -0.352. The molecule has 2 heterocycles. The van der Waals surface area contributed by atoms with Crippen molar-refractivity contribution in [3.05, 3.63) is 76.6 Å². The van der Waals surface area contributed by atoms with Crippen LogP contribution in [0.25, 0.3) is 5.82 Å². The summed E-state index contributed by atoms with van der Waals surface area (Å²) in [6.45, 7) is 3.83. The number of pyridine rings is 1. The number of amides is 2. The first-order valence-corrected chi connectivity index (χ1v) is 12.1. The number of hydrogen-bond acceptors (Lipinski definition) is 5. The minimum absolute atomic E-state index is 0.107. The highest BCUT2D eigenvalue weighted by Gasteiger charge is 2.23. The molecule has 1 aliphatic rings. The Hall–Kier alpha value is -3.36. The molecule has 1 fully saturated rings. The van der Waals surface area contributed by atoms with Crippen molar-refractivity contribution in [2.75, 3.05) is 11.9 Å². The Morgan fingerprint density at radius 1 is 1.14 bits per heavy atom. The average molecular weight is 514 g/mol. The molecule has 1 aromatic carbocycles. The largest absolute Gasteiger partial charge is 0.472 e. The summed E-state index contributed by atoms with van der Waals surface area (Å²) in [5, 5.41) is 10.9. The van der Waals surface area contributed by atoms with Gasteiger partial charge in [0.2, 0.25) is 5.88 Å². The van der Waals surface area contributed by atoms with E-state index in [4.69, 9.17) is 27.9 Å². The van der Waals surface area contributed by atoms with Crippen molar-refractivity contribution in [2.24, 2.45) is 0 Å². The average Bonchev–Trinajstić information content (AvgIpc) is 3.29. The Labute approximate surface area is 213 Å². The van der Waals surface area contributed by atoms with Crippen LogP contribution >= 0.6 is 23.2 Å². The number of carbonyl (C=O) groups excluding carboxylic acids is 2. The molecule has 1 aliphatic carbocycles. The van der Waals surface area contributed by atoms with Gasteiger partial charge < -0.3 is 15.4 Å². The predicted octanol–water partition coefficient (Wildman–Crippen LogP) is 5.45. The van der Waals surface area contributed by atoms with E-state index in [1.54, 1.807) is 42.6 Å². The highest BCUT2D eigenvalue weighted by atomic mass is 35.5. The van der Waals surface area contributed by atoms with Crippen LogP contribution in [0.5, 0.6) is 5.88 Å². The van der Waals surface area contributed by atoms with Gasteiger partial charge in [-0.05, 0) is 43.2 Å². The van der Waals surface area contributed by atoms with E-state index in [9.17, 15) is 9.59 Å². The van der Waals surface area contributed by atoms with Crippen molar-refractivity contribution in [1.29, 1.82) is 0 Å². The smallest absolute Gasteiger partial charge is 0.274 e. The molecule has 0 spiro atoms. The predicted molar refractivity (Wildman–Crippen MR) is 136 cm³/mol. The third-order valence-corrected chi connectivity index (χ3v) is 6.15. The molecule has 0 unspecified atom stereocenters. The fraction of sp³-hybridized carbons (Fsp3) is 0.280. The van der Waals surface area contributed by atoms with Gasteiger partial charge in [0.05, 0.1) is 16.3 Å². The van der Waals surface area contributed by atoms with Gasteiger partial charge in [0, 0.05) is 23.3 Å². The number of nitrogens with one attached hydrogen (secondary N) is 2. The van der Waals surface area contributed by atoms with E-state index in [0.717, 1.165) is 25.7 Å². The molecule has 3 aromatic rings. The minimum atomic E-state index is -0.526. The summed E-state index contributed by atoms with van der Waals surface area (Å²) < 4.78 is 6.82. The van der Waals surface area contributed by atoms with Crippen molar-refractivity contribution >= 4 is 40.7 Å². The zero-order chi connectivity index (χ0) is 24.8. The van der Waals surface area contributed by atoms with Gasteiger partial charge in [-0.2, -0.15) is 0 Å². The van der Waals surface area contributed by atoms with Gasteiger partial charge in [-0.25, -0.2) is 9.67 Å². The number of ether oxygens (including phenoxy) is 1. The van der Waals surface area contributed by atoms with E-state index >= 15 is 0 Å². The fourth-order valence-corrected chi connectivity index (χ4v) is 4.31. The highest BCUT2D eigenvalue weighted by Crippen LogP contribution is 2.26. The highest BCUT2D eigenvalue weighted by molar-refractivity contribution is 6.32. The van der Waals surface area contributed by atoms with Crippen LogP contribution in [0.15, 0.2) is 55.3 Å². The van der Waals surface area contributed by atoms with E-state index in [1.165, 1.54) is 17.2 Å². The molecule has 2 amide bonds. The van der Waals surface area contributed by atoms with Gasteiger partial charge in [-0.15, -0.1) is 5.10 Å². The monoisotopic (exact) mass is 513 g/mol. The maximum atomic E-state index is 13.4. The first kappa shape index (κ1) is 24.8. The summed E-state index contributed by atoms with van der Waals surface area (Å²) in [5.41, 5.74) is 0.723. The fourth-order valence-electron chi connectivity index (χ4n) is 3.94. The Kier molecular flexibility index (Phi) is 8.05. The lowest BCUT2D eigenvalue weighted by Gasteiger charge is -2.23. The lowest BCUT2D eigenvalue weighted by atomic mass is 9.95. The number of aromatic nitrogens is 3. The van der Waals surface area contributed by atoms with Crippen molar-refractivity contribution in [3.63, 3.8) is 0 Å². The van der Waals surface area contributed by atoms with Crippen LogP contribution in [0.3, 0.4) is 0 Å². The second-order valence-corrected chi connectivity index (χ2v) is 8.98. The molecule has 35 heavy (non-hydrogen) atoms. The summed E-state index contributed by atoms with van der Waals surface area (Å²) in [6, 6.07) is 9.65. The van der Waals surface area contributed by atoms with E-state index in [2.05, 4.69) is 27.3 Å². The third-order valence-electron chi connectivity index (χ3n) is 5.62. The lowest BCUT2D eigenvalue weighted by molar-refractivity contribution is 0.0928. The van der Waals surface area contributed by atoms with Gasteiger partial charge in [-0.1, -0.05) is 55.1 Å². The van der Waals surface area contributed by atoms with Crippen LogP contribution < -0.4 is 15.4 Å². The SMILES string of the molecule is C=CCOc1cc(C(=O)Nc2ccc(Cl)cc2C(=O)NC2CCCCC2)n(-c2ncccc2Cl)n1. The van der Waals surface area contributed by atoms with E-state index in [-0.39, 0.29) is 41.5 Å². The molecule has 0 atom stereocenters. The molecule has 0 bridgehead atoms. The summed E-state index contributed by atoms with van der Waals surface area (Å²) in [6.07, 6.45) is 8.33. The Bertz CT molecular complexity index is 1240. The first-order chi connectivity index (χ1) is 17.0. The number of rotatable bonds is 8. The number of halogens is 2. The van der Waals surface area contributed by atoms with Crippen molar-refractivity contribution in [1.82, 2.24) is 20.1 Å². The van der Waals surface area contributed by atoms with E-state index < -0.39 is 5.91 Å². The molecular formula is C25H25Cl2N5O3. The number of anilines is 1. The topological polar surface area (TPSA) is 98.1 Å². The summed E-state index contributed by atoms with van der Waals surface area (Å²) >= 11 is 12.5. The molecule has 2 aromatic heterocycles. The van der Waals surface area contributed by atoms with Gasteiger partial charge in [0.1, 0.15) is 12.3 Å². The molecule has 1 saturated carbocycles. The van der Waals surface area contributed by atoms with Crippen molar-refractivity contribution < 1.29 is 14.3 Å². The summed E-state index contributed by atoms with van der Waals surface area (Å²) in [7, 11) is 0. The quantitative estimate of drug-likeness (QED) is 0.390. The second kappa shape index (κ2) is 11.4. The molecule has 2 N–H and O–H groups in total. The Morgan fingerprint density at radius 2 is 1.94 bits per heavy atom. The molecular weight excluding hydrogens is 489 g/mol. The first-order valence-electron chi connectivity index (χ1n) is 11.3. The molecule has 0 aliphatic heterocycles. The maximum absolute atomic E-state index is 13.4. The van der Waals surface area contributed by atoms with Gasteiger partial charge in [0.15, 0.2) is 5.82 Å². The lowest BCUT2D eigenvalue weighted by Crippen LogP contribution is -2.36. The van der Waals surface area contributed by atoms with Crippen LogP contribution in [0.1, 0.15) is 53.0 Å². The van der Waals surface area contributed by atoms with Crippen LogP contribution in [0.2, 0.25) is 10.0 Å². The normalized spacial score (nSPS) is 13.8.